The van der Waals surface area contributed by atoms with Gasteiger partial charge in [-0.3, -0.25) is 4.79 Å². The van der Waals surface area contributed by atoms with Crippen molar-refractivity contribution in [1.82, 2.24) is 5.32 Å². The van der Waals surface area contributed by atoms with Gasteiger partial charge in [0.25, 0.3) is 5.91 Å². The molecule has 1 amide bonds. The molecule has 2 aromatic carbocycles. The summed E-state index contributed by atoms with van der Waals surface area (Å²) < 4.78 is 0.779. The molecule has 1 unspecified atom stereocenters. The second-order valence-electron chi connectivity index (χ2n) is 4.26. The lowest BCUT2D eigenvalue weighted by Crippen LogP contribution is -2.28. The second-order valence-corrected chi connectivity index (χ2v) is 5.86. The van der Waals surface area contributed by atoms with Gasteiger partial charge in [-0.2, -0.15) is 0 Å². The van der Waals surface area contributed by atoms with Crippen molar-refractivity contribution in [2.45, 2.75) is 6.10 Å². The van der Waals surface area contributed by atoms with Crippen LogP contribution in [0.3, 0.4) is 0 Å². The van der Waals surface area contributed by atoms with E-state index in [9.17, 15) is 9.90 Å². The van der Waals surface area contributed by atoms with E-state index in [0.29, 0.717) is 10.6 Å². The Hall–Kier alpha value is -1.11. The molecule has 2 aromatic rings. The lowest BCUT2D eigenvalue weighted by Gasteiger charge is -2.12. The number of halogens is 2. The zero-order chi connectivity index (χ0) is 14.5. The van der Waals surface area contributed by atoms with Crippen LogP contribution in [-0.4, -0.2) is 17.6 Å². The maximum atomic E-state index is 12.0. The number of carbonyl (C=O) groups excluding carboxylic acids is 1. The molecule has 1 atom stereocenters. The summed E-state index contributed by atoms with van der Waals surface area (Å²) >= 11 is 7.91. The van der Waals surface area contributed by atoms with E-state index in [-0.39, 0.29) is 12.5 Å². The van der Waals surface area contributed by atoms with Gasteiger partial charge in [0.05, 0.1) is 11.7 Å². The summed E-state index contributed by atoms with van der Waals surface area (Å²) in [7, 11) is 0. The normalized spacial score (nSPS) is 11.9. The number of amides is 1. The summed E-state index contributed by atoms with van der Waals surface area (Å²) in [4.78, 5) is 12.0. The first-order chi connectivity index (χ1) is 9.58. The average molecular weight is 402 g/mol. The molecule has 0 fully saturated rings. The number of aliphatic hydroxyl groups is 1. The molecule has 0 saturated carbocycles. The van der Waals surface area contributed by atoms with Gasteiger partial charge < -0.3 is 10.4 Å². The van der Waals surface area contributed by atoms with Gasteiger partial charge in [-0.1, -0.05) is 41.9 Å². The van der Waals surface area contributed by atoms with Crippen molar-refractivity contribution in [2.24, 2.45) is 0 Å². The smallest absolute Gasteiger partial charge is 0.252 e. The van der Waals surface area contributed by atoms with Crippen LogP contribution in [-0.2, 0) is 0 Å². The topological polar surface area (TPSA) is 49.3 Å². The van der Waals surface area contributed by atoms with Crippen molar-refractivity contribution in [3.8, 4) is 0 Å². The summed E-state index contributed by atoms with van der Waals surface area (Å²) in [5.74, 6) is -0.221. The molecule has 0 aromatic heterocycles. The van der Waals surface area contributed by atoms with E-state index in [4.69, 9.17) is 11.6 Å². The minimum absolute atomic E-state index is 0.168. The number of hydrogen-bond acceptors (Lipinski definition) is 2. The van der Waals surface area contributed by atoms with Crippen LogP contribution in [0.25, 0.3) is 0 Å². The van der Waals surface area contributed by atoms with Crippen molar-refractivity contribution in [2.75, 3.05) is 6.54 Å². The van der Waals surface area contributed by atoms with Crippen LogP contribution in [0.5, 0.6) is 0 Å². The molecule has 3 nitrogen and oxygen atoms in total. The summed E-state index contributed by atoms with van der Waals surface area (Å²) in [5.41, 5.74) is 1.33. The van der Waals surface area contributed by atoms with Crippen LogP contribution in [0, 0.1) is 3.57 Å². The van der Waals surface area contributed by atoms with Gasteiger partial charge in [-0.15, -0.1) is 0 Å². The first kappa shape index (κ1) is 15.3. The molecule has 0 aliphatic heterocycles. The number of rotatable bonds is 4. The van der Waals surface area contributed by atoms with E-state index in [2.05, 4.69) is 27.9 Å². The lowest BCUT2D eigenvalue weighted by atomic mass is 10.1. The number of aliphatic hydroxyl groups excluding tert-OH is 1. The summed E-state index contributed by atoms with van der Waals surface area (Å²) in [6, 6.07) is 14.3. The molecule has 20 heavy (non-hydrogen) atoms. The van der Waals surface area contributed by atoms with E-state index in [1.807, 2.05) is 30.3 Å². The molecule has 5 heteroatoms. The Morgan fingerprint density at radius 2 is 1.95 bits per heavy atom. The number of benzene rings is 2. The highest BCUT2D eigenvalue weighted by Crippen LogP contribution is 2.18. The summed E-state index contributed by atoms with van der Waals surface area (Å²) in [6.45, 7) is 0.168. The highest BCUT2D eigenvalue weighted by molar-refractivity contribution is 14.1. The van der Waals surface area contributed by atoms with Crippen LogP contribution in [0.1, 0.15) is 22.0 Å². The van der Waals surface area contributed by atoms with E-state index in [1.165, 1.54) is 0 Å². The SMILES string of the molecule is O=C(NCC(O)c1ccccc1)c1ccc(Cl)cc1I. The Labute approximate surface area is 136 Å². The molecular formula is C15H13ClINO2. The van der Waals surface area contributed by atoms with Crippen molar-refractivity contribution in [3.63, 3.8) is 0 Å². The number of nitrogens with one attached hydrogen (secondary N) is 1. The zero-order valence-corrected chi connectivity index (χ0v) is 13.4. The van der Waals surface area contributed by atoms with Gasteiger partial charge >= 0.3 is 0 Å². The van der Waals surface area contributed by atoms with Gasteiger partial charge in [-0.05, 0) is 46.4 Å². The van der Waals surface area contributed by atoms with Gasteiger partial charge in [0.2, 0.25) is 0 Å². The van der Waals surface area contributed by atoms with Crippen LogP contribution < -0.4 is 5.32 Å². The first-order valence-corrected chi connectivity index (χ1v) is 7.50. The molecular weight excluding hydrogens is 389 g/mol. The Kier molecular flexibility index (Phi) is 5.39. The van der Waals surface area contributed by atoms with Crippen LogP contribution in [0.2, 0.25) is 5.02 Å². The fourth-order valence-electron chi connectivity index (χ4n) is 1.75. The Balaban J connectivity index is 1.99. The van der Waals surface area contributed by atoms with Crippen LogP contribution in [0.4, 0.5) is 0 Å². The number of hydrogen-bond donors (Lipinski definition) is 2. The third kappa shape index (κ3) is 3.94. The molecule has 0 aliphatic rings. The predicted molar refractivity (Wildman–Crippen MR) is 87.9 cm³/mol. The minimum Gasteiger partial charge on any atom is -0.387 e. The largest absolute Gasteiger partial charge is 0.387 e. The Bertz CT molecular complexity index is 604. The summed E-state index contributed by atoms with van der Waals surface area (Å²) in [6.07, 6.45) is -0.717. The third-order valence-electron chi connectivity index (χ3n) is 2.82. The van der Waals surface area contributed by atoms with E-state index >= 15 is 0 Å². The standard InChI is InChI=1S/C15H13ClINO2/c16-11-6-7-12(13(17)8-11)15(20)18-9-14(19)10-4-2-1-3-5-10/h1-8,14,19H,9H2,(H,18,20). The van der Waals surface area contributed by atoms with Gasteiger partial charge in [0.1, 0.15) is 0 Å². The Morgan fingerprint density at radius 1 is 1.25 bits per heavy atom. The van der Waals surface area contributed by atoms with E-state index in [1.54, 1.807) is 18.2 Å². The summed E-state index contributed by atoms with van der Waals surface area (Å²) in [5, 5.41) is 13.3. The first-order valence-electron chi connectivity index (χ1n) is 6.04. The maximum absolute atomic E-state index is 12.0. The molecule has 0 heterocycles. The van der Waals surface area contributed by atoms with Crippen LogP contribution >= 0.6 is 34.2 Å². The minimum atomic E-state index is -0.717. The van der Waals surface area contributed by atoms with Crippen molar-refractivity contribution >= 4 is 40.1 Å². The van der Waals surface area contributed by atoms with Gasteiger partial charge in [0, 0.05) is 15.1 Å². The molecule has 0 radical (unpaired) electrons. The van der Waals surface area contributed by atoms with Crippen molar-refractivity contribution in [1.29, 1.82) is 0 Å². The highest BCUT2D eigenvalue weighted by atomic mass is 127. The predicted octanol–water partition coefficient (Wildman–Crippen LogP) is 3.41. The van der Waals surface area contributed by atoms with Crippen molar-refractivity contribution < 1.29 is 9.90 Å². The molecule has 104 valence electrons. The molecule has 2 rings (SSSR count). The molecule has 0 saturated heterocycles. The zero-order valence-electron chi connectivity index (χ0n) is 10.5. The molecule has 0 bridgehead atoms. The quantitative estimate of drug-likeness (QED) is 0.772. The highest BCUT2D eigenvalue weighted by Gasteiger charge is 2.13. The van der Waals surface area contributed by atoms with Crippen LogP contribution in [0.15, 0.2) is 48.5 Å². The third-order valence-corrected chi connectivity index (χ3v) is 3.94. The van der Waals surface area contributed by atoms with E-state index in [0.717, 1.165) is 9.13 Å². The second kappa shape index (κ2) is 7.06. The van der Waals surface area contributed by atoms with Crippen molar-refractivity contribution in [3.05, 3.63) is 68.3 Å². The van der Waals surface area contributed by atoms with E-state index < -0.39 is 6.10 Å². The van der Waals surface area contributed by atoms with Gasteiger partial charge in [0.15, 0.2) is 0 Å². The number of carbonyl (C=O) groups is 1. The fraction of sp³-hybridized carbons (Fsp3) is 0.133. The monoisotopic (exact) mass is 401 g/mol. The molecule has 2 N–H and O–H groups in total. The maximum Gasteiger partial charge on any atom is 0.252 e. The molecule has 0 aliphatic carbocycles. The average Bonchev–Trinajstić information content (AvgIpc) is 2.45. The Morgan fingerprint density at radius 3 is 2.60 bits per heavy atom. The molecule has 0 spiro atoms. The fourth-order valence-corrected chi connectivity index (χ4v) is 2.87. The van der Waals surface area contributed by atoms with Gasteiger partial charge in [-0.25, -0.2) is 0 Å². The lowest BCUT2D eigenvalue weighted by molar-refractivity contribution is 0.0915.